The summed E-state index contributed by atoms with van der Waals surface area (Å²) in [6.07, 6.45) is 4.44. The van der Waals surface area contributed by atoms with E-state index < -0.39 is 5.97 Å². The average Bonchev–Trinajstić information content (AvgIpc) is 2.68. The number of ether oxygens (including phenoxy) is 2. The Balaban J connectivity index is 1.84. The Hall–Kier alpha value is -3.94. The van der Waals surface area contributed by atoms with Gasteiger partial charge in [0.25, 0.3) is 5.56 Å². The number of rotatable bonds is 5. The van der Waals surface area contributed by atoms with Crippen LogP contribution in [0.3, 0.4) is 0 Å². The van der Waals surface area contributed by atoms with E-state index in [1.807, 2.05) is 0 Å². The first-order chi connectivity index (χ1) is 13.5. The lowest BCUT2D eigenvalue weighted by atomic mass is 10.2. The van der Waals surface area contributed by atoms with Crippen LogP contribution in [0.1, 0.15) is 21.5 Å². The molecule has 0 amide bonds. The molecular weight excluding hydrogens is 360 g/mol. The Kier molecular flexibility index (Phi) is 5.50. The predicted molar refractivity (Wildman–Crippen MR) is 105 cm³/mol. The van der Waals surface area contributed by atoms with E-state index in [0.717, 1.165) is 10.2 Å². The lowest BCUT2D eigenvalue weighted by Gasteiger charge is -2.10. The number of benzene rings is 1. The molecule has 0 bridgehead atoms. The minimum Gasteiger partial charge on any atom is -0.493 e. The summed E-state index contributed by atoms with van der Waals surface area (Å²) in [5.74, 6) is 0.271. The van der Waals surface area contributed by atoms with Gasteiger partial charge < -0.3 is 15.2 Å². The number of nitrogen functional groups attached to an aromatic ring is 1. The molecule has 0 unspecified atom stereocenters. The molecule has 0 aliphatic heterocycles. The predicted octanol–water partition coefficient (Wildman–Crippen LogP) is 2.24. The third-order valence-corrected chi connectivity index (χ3v) is 3.79. The van der Waals surface area contributed by atoms with Crippen molar-refractivity contribution in [1.29, 1.82) is 0 Å². The van der Waals surface area contributed by atoms with Crippen molar-refractivity contribution in [3.8, 4) is 11.5 Å². The van der Waals surface area contributed by atoms with Crippen LogP contribution in [0.4, 0.5) is 5.82 Å². The number of carbonyl (C=O) groups is 1. The Morgan fingerprint density at radius 3 is 2.71 bits per heavy atom. The highest BCUT2D eigenvalue weighted by Gasteiger charge is 2.13. The molecule has 0 saturated carbocycles. The van der Waals surface area contributed by atoms with E-state index >= 15 is 0 Å². The number of carbonyl (C=O) groups excluding carboxylic acids is 1. The van der Waals surface area contributed by atoms with Crippen molar-refractivity contribution >= 4 is 18.0 Å². The van der Waals surface area contributed by atoms with Crippen molar-refractivity contribution < 1.29 is 14.3 Å². The smallest absolute Gasteiger partial charge is 0.345 e. The van der Waals surface area contributed by atoms with Crippen LogP contribution in [0.25, 0.3) is 0 Å². The minimum atomic E-state index is -0.549. The van der Waals surface area contributed by atoms with E-state index in [-0.39, 0.29) is 17.1 Å². The van der Waals surface area contributed by atoms with Gasteiger partial charge in [0.2, 0.25) is 0 Å². The summed E-state index contributed by atoms with van der Waals surface area (Å²) >= 11 is 0. The van der Waals surface area contributed by atoms with Gasteiger partial charge in [-0.1, -0.05) is 0 Å². The second kappa shape index (κ2) is 8.17. The normalized spacial score (nSPS) is 10.8. The van der Waals surface area contributed by atoms with E-state index in [0.29, 0.717) is 16.9 Å². The first kappa shape index (κ1) is 18.8. The zero-order valence-corrected chi connectivity index (χ0v) is 15.3. The van der Waals surface area contributed by atoms with Gasteiger partial charge in [0, 0.05) is 18.5 Å². The topological polar surface area (TPSA) is 109 Å². The van der Waals surface area contributed by atoms with Crippen molar-refractivity contribution in [3.05, 3.63) is 81.9 Å². The van der Waals surface area contributed by atoms with Crippen LogP contribution in [0.2, 0.25) is 0 Å². The maximum Gasteiger partial charge on any atom is 0.345 e. The van der Waals surface area contributed by atoms with Crippen molar-refractivity contribution in [2.24, 2.45) is 5.10 Å². The van der Waals surface area contributed by atoms with Gasteiger partial charge in [-0.2, -0.15) is 9.78 Å². The Bertz CT molecular complexity index is 1090. The molecule has 0 radical (unpaired) electrons. The number of anilines is 1. The Morgan fingerprint density at radius 2 is 2.04 bits per heavy atom. The first-order valence-electron chi connectivity index (χ1n) is 8.31. The number of nitrogens with two attached hydrogens (primary N) is 1. The Labute approximate surface area is 160 Å². The number of nitrogens with zero attached hydrogens (tertiary/aromatic N) is 3. The van der Waals surface area contributed by atoms with Crippen LogP contribution in [-0.4, -0.2) is 29.0 Å². The monoisotopic (exact) mass is 378 g/mol. The van der Waals surface area contributed by atoms with Gasteiger partial charge >= 0.3 is 5.97 Å². The average molecular weight is 378 g/mol. The van der Waals surface area contributed by atoms with E-state index in [1.165, 1.54) is 25.6 Å². The summed E-state index contributed by atoms with van der Waals surface area (Å²) in [5, 5.41) is 4.11. The van der Waals surface area contributed by atoms with Gasteiger partial charge in [0.05, 0.1) is 18.9 Å². The van der Waals surface area contributed by atoms with Crippen LogP contribution >= 0.6 is 0 Å². The molecule has 3 rings (SSSR count). The van der Waals surface area contributed by atoms with Gasteiger partial charge in [-0.25, -0.2) is 4.79 Å². The summed E-state index contributed by atoms with van der Waals surface area (Å²) in [4.78, 5) is 28.1. The van der Waals surface area contributed by atoms with Gasteiger partial charge in [0.1, 0.15) is 5.82 Å². The maximum atomic E-state index is 12.2. The van der Waals surface area contributed by atoms with Gasteiger partial charge in [0.15, 0.2) is 11.5 Å². The molecule has 8 heteroatoms. The number of hydrogen-bond acceptors (Lipinski definition) is 7. The first-order valence-corrected chi connectivity index (χ1v) is 8.31. The Morgan fingerprint density at radius 1 is 1.21 bits per heavy atom. The zero-order valence-electron chi connectivity index (χ0n) is 15.3. The molecule has 0 aliphatic carbocycles. The molecule has 2 N–H and O–H groups in total. The quantitative estimate of drug-likeness (QED) is 0.414. The fourth-order valence-electron chi connectivity index (χ4n) is 2.46. The highest BCUT2D eigenvalue weighted by Crippen LogP contribution is 2.28. The number of aryl methyl sites for hydroxylation is 1. The lowest BCUT2D eigenvalue weighted by Crippen LogP contribution is -2.19. The molecule has 0 saturated heterocycles. The van der Waals surface area contributed by atoms with E-state index in [2.05, 4.69) is 10.1 Å². The third kappa shape index (κ3) is 4.24. The molecule has 3 aromatic rings. The molecule has 0 spiro atoms. The second-order valence-electron chi connectivity index (χ2n) is 5.89. The third-order valence-electron chi connectivity index (χ3n) is 3.79. The largest absolute Gasteiger partial charge is 0.493 e. The van der Waals surface area contributed by atoms with E-state index in [4.69, 9.17) is 15.2 Å². The number of aromatic nitrogens is 2. The molecular formula is C20H18N4O4. The molecule has 142 valence electrons. The minimum absolute atomic E-state index is 0.232. The molecule has 2 aromatic heterocycles. The van der Waals surface area contributed by atoms with Crippen molar-refractivity contribution in [1.82, 2.24) is 9.66 Å². The highest BCUT2D eigenvalue weighted by atomic mass is 16.6. The van der Waals surface area contributed by atoms with Crippen LogP contribution < -0.4 is 20.8 Å². The summed E-state index contributed by atoms with van der Waals surface area (Å²) in [7, 11) is 1.46. The van der Waals surface area contributed by atoms with Crippen LogP contribution in [0.15, 0.2) is 64.8 Å². The molecule has 0 atom stereocenters. The van der Waals surface area contributed by atoms with Crippen LogP contribution in [0, 0.1) is 6.92 Å². The zero-order chi connectivity index (χ0) is 20.1. The molecule has 2 heterocycles. The molecule has 1 aromatic carbocycles. The number of methoxy groups -OCH3 is 1. The molecule has 0 aliphatic rings. The lowest BCUT2D eigenvalue weighted by molar-refractivity contribution is 0.0729. The summed E-state index contributed by atoms with van der Waals surface area (Å²) < 4.78 is 11.8. The molecule has 28 heavy (non-hydrogen) atoms. The van der Waals surface area contributed by atoms with Gasteiger partial charge in [-0.15, -0.1) is 0 Å². The SMILES string of the molecule is COc1cc(/C=N\n2c(N)cc(C)cc2=O)ccc1OC(=O)c1cccnc1. The van der Waals surface area contributed by atoms with E-state index in [9.17, 15) is 9.59 Å². The number of esters is 1. The molecule has 8 nitrogen and oxygen atoms in total. The number of hydrogen-bond donors (Lipinski definition) is 1. The fraction of sp³-hybridized carbons (Fsp3) is 0.100. The fourth-order valence-corrected chi connectivity index (χ4v) is 2.46. The van der Waals surface area contributed by atoms with Gasteiger partial charge in [-0.3, -0.25) is 9.78 Å². The summed E-state index contributed by atoms with van der Waals surface area (Å²) in [5.41, 5.74) is 7.22. The van der Waals surface area contributed by atoms with E-state index in [1.54, 1.807) is 49.5 Å². The van der Waals surface area contributed by atoms with Crippen LogP contribution in [0.5, 0.6) is 11.5 Å². The van der Waals surface area contributed by atoms with Crippen molar-refractivity contribution in [2.75, 3.05) is 12.8 Å². The number of pyridine rings is 2. The maximum absolute atomic E-state index is 12.2. The summed E-state index contributed by atoms with van der Waals surface area (Å²) in [6, 6.07) is 11.2. The van der Waals surface area contributed by atoms with Crippen molar-refractivity contribution in [3.63, 3.8) is 0 Å². The van der Waals surface area contributed by atoms with Crippen molar-refractivity contribution in [2.45, 2.75) is 6.92 Å². The van der Waals surface area contributed by atoms with Gasteiger partial charge in [-0.05, 0) is 54.4 Å². The standard InChI is InChI=1S/C20H18N4O4/c1-13-8-18(21)24(19(25)9-13)23-11-14-5-6-16(17(10-14)27-2)28-20(26)15-4-3-7-22-12-15/h3-12H,21H2,1-2H3/b23-11-. The summed E-state index contributed by atoms with van der Waals surface area (Å²) in [6.45, 7) is 1.78. The van der Waals surface area contributed by atoms with Crippen LogP contribution in [-0.2, 0) is 0 Å². The second-order valence-corrected chi connectivity index (χ2v) is 5.89. The highest BCUT2D eigenvalue weighted by molar-refractivity contribution is 5.91. The molecule has 0 fully saturated rings.